The number of phenolic OH excluding ortho intramolecular Hbond substituents is 2. The van der Waals surface area contributed by atoms with Crippen LogP contribution < -0.4 is 10.1 Å². The van der Waals surface area contributed by atoms with Gasteiger partial charge in [0.2, 0.25) is 0 Å². The summed E-state index contributed by atoms with van der Waals surface area (Å²) in [5.41, 5.74) is 2.49. The van der Waals surface area contributed by atoms with Crippen LogP contribution in [0.2, 0.25) is 0 Å². The van der Waals surface area contributed by atoms with E-state index in [9.17, 15) is 10.2 Å². The normalized spacial score (nSPS) is 11.1. The first kappa shape index (κ1) is 21.0. The Morgan fingerprint density at radius 2 is 1.71 bits per heavy atom. The average Bonchev–Trinajstić information content (AvgIpc) is 2.69. The average molecular weight is 381 g/mol. The van der Waals surface area contributed by atoms with Crippen LogP contribution in [0.4, 0.5) is 5.82 Å². The van der Waals surface area contributed by atoms with Crippen molar-refractivity contribution < 1.29 is 14.9 Å². The van der Waals surface area contributed by atoms with Gasteiger partial charge < -0.3 is 20.3 Å². The minimum atomic E-state index is -0.000459. The van der Waals surface area contributed by atoms with E-state index in [1.807, 2.05) is 19.1 Å². The number of rotatable bonds is 5. The second-order valence-electron chi connectivity index (χ2n) is 6.34. The summed E-state index contributed by atoms with van der Waals surface area (Å²) in [6, 6.07) is 12.1. The van der Waals surface area contributed by atoms with Gasteiger partial charge in [0.15, 0.2) is 11.5 Å². The predicted octanol–water partition coefficient (Wildman–Crippen LogP) is 5.15. The standard InChI is InChI=1S/C19H19N3O3.C3H8/c1-12(13-3-6-15(23)7-4-13)21-19-11-20-10-16(22-19)14-5-8-17(24)18(9-14)25-2;1-3-2/h3-12,23-24H,1-2H3,(H,21,22);3H2,1-2H3. The fourth-order valence-electron chi connectivity index (χ4n) is 2.48. The summed E-state index contributed by atoms with van der Waals surface area (Å²) in [6.45, 7) is 6.25. The van der Waals surface area contributed by atoms with Crippen molar-refractivity contribution in [3.63, 3.8) is 0 Å². The molecule has 6 heteroatoms. The zero-order valence-electron chi connectivity index (χ0n) is 16.7. The molecule has 1 aromatic heterocycles. The minimum absolute atomic E-state index is 0.000459. The quantitative estimate of drug-likeness (QED) is 0.566. The maximum absolute atomic E-state index is 9.71. The monoisotopic (exact) mass is 381 g/mol. The van der Waals surface area contributed by atoms with E-state index in [0.717, 1.165) is 11.1 Å². The first-order valence-corrected chi connectivity index (χ1v) is 9.23. The molecule has 1 heterocycles. The molecule has 6 nitrogen and oxygen atoms in total. The van der Waals surface area contributed by atoms with Crippen molar-refractivity contribution in [1.29, 1.82) is 0 Å². The fraction of sp³-hybridized carbons (Fsp3) is 0.273. The van der Waals surface area contributed by atoms with Crippen LogP contribution in [-0.2, 0) is 0 Å². The smallest absolute Gasteiger partial charge is 0.161 e. The number of hydrogen-bond donors (Lipinski definition) is 3. The first-order chi connectivity index (χ1) is 13.5. The molecule has 1 atom stereocenters. The molecule has 3 aromatic rings. The lowest BCUT2D eigenvalue weighted by Gasteiger charge is -2.15. The number of nitrogens with one attached hydrogen (secondary N) is 1. The van der Waals surface area contributed by atoms with Crippen molar-refractivity contribution in [2.75, 3.05) is 12.4 Å². The molecule has 0 fully saturated rings. The van der Waals surface area contributed by atoms with Crippen molar-refractivity contribution in [2.24, 2.45) is 0 Å². The van der Waals surface area contributed by atoms with E-state index in [-0.39, 0.29) is 17.5 Å². The molecule has 0 spiro atoms. The van der Waals surface area contributed by atoms with Gasteiger partial charge in [0.05, 0.1) is 25.2 Å². The molecule has 0 aliphatic heterocycles. The molecule has 0 saturated heterocycles. The zero-order valence-corrected chi connectivity index (χ0v) is 16.7. The molecule has 0 aliphatic rings. The van der Waals surface area contributed by atoms with Crippen molar-refractivity contribution >= 4 is 5.82 Å². The third-order valence-electron chi connectivity index (χ3n) is 3.87. The van der Waals surface area contributed by atoms with E-state index >= 15 is 0 Å². The molecule has 28 heavy (non-hydrogen) atoms. The molecule has 0 saturated carbocycles. The highest BCUT2D eigenvalue weighted by Gasteiger charge is 2.10. The van der Waals surface area contributed by atoms with Gasteiger partial charge in [0.25, 0.3) is 0 Å². The molecule has 0 amide bonds. The Kier molecular flexibility index (Phi) is 7.63. The van der Waals surface area contributed by atoms with Gasteiger partial charge in [-0.1, -0.05) is 32.4 Å². The number of phenols is 2. The summed E-state index contributed by atoms with van der Waals surface area (Å²) < 4.78 is 5.14. The molecule has 148 valence electrons. The number of methoxy groups -OCH3 is 1. The van der Waals surface area contributed by atoms with Crippen molar-refractivity contribution in [2.45, 2.75) is 33.2 Å². The molecule has 0 aliphatic carbocycles. The summed E-state index contributed by atoms with van der Waals surface area (Å²) in [5, 5.41) is 22.4. The SMILES string of the molecule is CCC.COc1cc(-c2cncc(NC(C)c3ccc(O)cc3)n2)ccc1O. The van der Waals surface area contributed by atoms with Crippen LogP contribution in [-0.4, -0.2) is 27.3 Å². The number of nitrogens with zero attached hydrogens (tertiary/aromatic N) is 2. The molecule has 3 rings (SSSR count). The van der Waals surface area contributed by atoms with Crippen LogP contribution in [0.15, 0.2) is 54.9 Å². The van der Waals surface area contributed by atoms with Gasteiger partial charge in [0.1, 0.15) is 11.6 Å². The van der Waals surface area contributed by atoms with E-state index in [2.05, 4.69) is 29.1 Å². The Bertz CT molecular complexity index is 882. The maximum Gasteiger partial charge on any atom is 0.161 e. The second-order valence-corrected chi connectivity index (χ2v) is 6.34. The number of aromatic nitrogens is 2. The summed E-state index contributed by atoms with van der Waals surface area (Å²) in [7, 11) is 1.50. The van der Waals surface area contributed by atoms with Crippen LogP contribution >= 0.6 is 0 Å². The Morgan fingerprint density at radius 1 is 1.04 bits per heavy atom. The molecule has 0 bridgehead atoms. The maximum atomic E-state index is 9.71. The van der Waals surface area contributed by atoms with E-state index in [1.54, 1.807) is 42.7 Å². The van der Waals surface area contributed by atoms with Crippen LogP contribution in [0.3, 0.4) is 0 Å². The second kappa shape index (κ2) is 10.2. The van der Waals surface area contributed by atoms with Crippen LogP contribution in [0.25, 0.3) is 11.3 Å². The molecule has 3 N–H and O–H groups in total. The van der Waals surface area contributed by atoms with Crippen LogP contribution in [0.1, 0.15) is 38.8 Å². The predicted molar refractivity (Wildman–Crippen MR) is 112 cm³/mol. The highest BCUT2D eigenvalue weighted by molar-refractivity contribution is 5.64. The number of benzene rings is 2. The minimum Gasteiger partial charge on any atom is -0.508 e. The van der Waals surface area contributed by atoms with Gasteiger partial charge in [-0.3, -0.25) is 4.98 Å². The molecule has 1 unspecified atom stereocenters. The number of aromatic hydroxyl groups is 2. The van der Waals surface area contributed by atoms with E-state index in [1.165, 1.54) is 13.5 Å². The molecular weight excluding hydrogens is 354 g/mol. The Labute approximate surface area is 165 Å². The Balaban J connectivity index is 0.000000878. The lowest BCUT2D eigenvalue weighted by molar-refractivity contribution is 0.373. The number of ether oxygens (including phenoxy) is 1. The van der Waals surface area contributed by atoms with E-state index < -0.39 is 0 Å². The molecule has 2 aromatic carbocycles. The molecule has 0 radical (unpaired) electrons. The van der Waals surface area contributed by atoms with Gasteiger partial charge in [-0.25, -0.2) is 4.98 Å². The lowest BCUT2D eigenvalue weighted by atomic mass is 10.1. The van der Waals surface area contributed by atoms with Crippen molar-refractivity contribution in [3.05, 3.63) is 60.4 Å². The van der Waals surface area contributed by atoms with Crippen molar-refractivity contribution in [1.82, 2.24) is 9.97 Å². The topological polar surface area (TPSA) is 87.5 Å². The summed E-state index contributed by atoms with van der Waals surface area (Å²) >= 11 is 0. The summed E-state index contributed by atoms with van der Waals surface area (Å²) in [5.74, 6) is 1.33. The van der Waals surface area contributed by atoms with Gasteiger partial charge in [0, 0.05) is 11.6 Å². The fourth-order valence-corrected chi connectivity index (χ4v) is 2.48. The van der Waals surface area contributed by atoms with Crippen molar-refractivity contribution in [3.8, 4) is 28.5 Å². The van der Waals surface area contributed by atoms with Crippen LogP contribution in [0.5, 0.6) is 17.2 Å². The molecular formula is C22H27N3O3. The largest absolute Gasteiger partial charge is 0.508 e. The third-order valence-corrected chi connectivity index (χ3v) is 3.87. The lowest BCUT2D eigenvalue weighted by Crippen LogP contribution is -2.08. The zero-order chi connectivity index (χ0) is 20.5. The number of anilines is 1. The van der Waals surface area contributed by atoms with Crippen LogP contribution in [0, 0.1) is 0 Å². The van der Waals surface area contributed by atoms with Gasteiger partial charge >= 0.3 is 0 Å². The third kappa shape index (κ3) is 5.61. The summed E-state index contributed by atoms with van der Waals surface area (Å²) in [6.07, 6.45) is 4.56. The van der Waals surface area contributed by atoms with Gasteiger partial charge in [-0.05, 0) is 42.8 Å². The van der Waals surface area contributed by atoms with Gasteiger partial charge in [-0.2, -0.15) is 0 Å². The highest BCUT2D eigenvalue weighted by atomic mass is 16.5. The Hall–Kier alpha value is -3.28. The Morgan fingerprint density at radius 3 is 2.36 bits per heavy atom. The van der Waals surface area contributed by atoms with Gasteiger partial charge in [-0.15, -0.1) is 0 Å². The summed E-state index contributed by atoms with van der Waals surface area (Å²) in [4.78, 5) is 8.80. The van der Waals surface area contributed by atoms with E-state index in [4.69, 9.17) is 4.74 Å². The number of hydrogen-bond acceptors (Lipinski definition) is 6. The highest BCUT2D eigenvalue weighted by Crippen LogP contribution is 2.31. The van der Waals surface area contributed by atoms with E-state index in [0.29, 0.717) is 17.3 Å². The first-order valence-electron chi connectivity index (χ1n) is 9.23.